The van der Waals surface area contributed by atoms with Crippen molar-refractivity contribution in [1.29, 1.82) is 0 Å². The fraction of sp³-hybridized carbons (Fsp3) is 0.667. The van der Waals surface area contributed by atoms with Crippen LogP contribution in [0.3, 0.4) is 0 Å². The predicted octanol–water partition coefficient (Wildman–Crippen LogP) is 4.06. The average Bonchev–Trinajstić information content (AvgIpc) is 2.52. The number of benzene rings is 1. The molecule has 0 aromatic heterocycles. The molecule has 1 aliphatic heterocycles. The molecule has 0 saturated carbocycles. The fourth-order valence-corrected chi connectivity index (χ4v) is 2.74. The van der Waals surface area contributed by atoms with E-state index in [1.165, 1.54) is 24.0 Å². The highest BCUT2D eigenvalue weighted by Gasteiger charge is 2.13. The summed E-state index contributed by atoms with van der Waals surface area (Å²) in [5, 5.41) is 0. The average molecular weight is 277 g/mol. The number of aryl methyl sites for hydroxylation is 1. The second kappa shape index (κ2) is 9.95. The molecule has 2 heteroatoms. The van der Waals surface area contributed by atoms with E-state index in [1.54, 1.807) is 5.56 Å². The van der Waals surface area contributed by atoms with Crippen molar-refractivity contribution in [2.24, 2.45) is 0 Å². The summed E-state index contributed by atoms with van der Waals surface area (Å²) in [6, 6.07) is 6.81. The van der Waals surface area contributed by atoms with E-state index in [2.05, 4.69) is 36.9 Å². The molecule has 0 atom stereocenters. The summed E-state index contributed by atoms with van der Waals surface area (Å²) in [6.45, 7) is 13.5. The van der Waals surface area contributed by atoms with Crippen molar-refractivity contribution in [3.8, 4) is 0 Å². The molecule has 114 valence electrons. The Morgan fingerprint density at radius 3 is 2.30 bits per heavy atom. The molecule has 2 nitrogen and oxygen atoms in total. The molecule has 1 fully saturated rings. The Balaban J connectivity index is 0.000000956. The summed E-state index contributed by atoms with van der Waals surface area (Å²) in [4.78, 5) is 2.51. The summed E-state index contributed by atoms with van der Waals surface area (Å²) in [5.41, 5.74) is 4.65. The third-order valence-electron chi connectivity index (χ3n) is 3.75. The molecule has 0 unspecified atom stereocenters. The molecule has 0 spiro atoms. The van der Waals surface area contributed by atoms with Gasteiger partial charge in [0.15, 0.2) is 0 Å². The highest BCUT2D eigenvalue weighted by atomic mass is 16.5. The van der Waals surface area contributed by atoms with Crippen molar-refractivity contribution in [2.45, 2.75) is 53.5 Å². The molecular weight excluding hydrogens is 246 g/mol. The highest BCUT2D eigenvalue weighted by molar-refractivity contribution is 5.35. The maximum absolute atomic E-state index is 5.42. The maximum atomic E-state index is 5.42. The van der Waals surface area contributed by atoms with Gasteiger partial charge in [0.1, 0.15) is 0 Å². The van der Waals surface area contributed by atoms with Gasteiger partial charge in [0.2, 0.25) is 0 Å². The Kier molecular flexibility index (Phi) is 8.56. The van der Waals surface area contributed by atoms with Gasteiger partial charge in [-0.1, -0.05) is 52.3 Å². The zero-order valence-electron chi connectivity index (χ0n) is 13.7. The van der Waals surface area contributed by atoms with Gasteiger partial charge in [0, 0.05) is 19.6 Å². The lowest BCUT2D eigenvalue weighted by Crippen LogP contribution is -2.35. The van der Waals surface area contributed by atoms with Crippen LogP contribution in [-0.4, -0.2) is 31.2 Å². The van der Waals surface area contributed by atoms with Crippen LogP contribution in [0.5, 0.6) is 0 Å². The van der Waals surface area contributed by atoms with Crippen LogP contribution in [0, 0.1) is 0 Å². The molecule has 1 heterocycles. The van der Waals surface area contributed by atoms with Crippen molar-refractivity contribution in [3.05, 3.63) is 34.9 Å². The fourth-order valence-electron chi connectivity index (χ4n) is 2.74. The van der Waals surface area contributed by atoms with Gasteiger partial charge in [-0.15, -0.1) is 0 Å². The zero-order valence-corrected chi connectivity index (χ0v) is 13.7. The molecule has 0 N–H and O–H groups in total. The van der Waals surface area contributed by atoms with Crippen LogP contribution in [0.25, 0.3) is 0 Å². The molecule has 20 heavy (non-hydrogen) atoms. The van der Waals surface area contributed by atoms with Gasteiger partial charge >= 0.3 is 0 Å². The van der Waals surface area contributed by atoms with E-state index in [0.29, 0.717) is 0 Å². The number of morpholine rings is 1. The number of rotatable bonds is 5. The topological polar surface area (TPSA) is 12.5 Å². The van der Waals surface area contributed by atoms with E-state index in [1.807, 2.05) is 13.8 Å². The van der Waals surface area contributed by atoms with E-state index < -0.39 is 0 Å². The van der Waals surface area contributed by atoms with Crippen LogP contribution < -0.4 is 0 Å². The Bertz CT molecular complexity index is 370. The number of nitrogens with zero attached hydrogens (tertiary/aromatic N) is 1. The molecule has 0 amide bonds. The number of hydrogen-bond donors (Lipinski definition) is 0. The Labute approximate surface area is 125 Å². The van der Waals surface area contributed by atoms with Gasteiger partial charge in [0.05, 0.1) is 13.2 Å². The van der Waals surface area contributed by atoms with Gasteiger partial charge in [-0.05, 0) is 29.5 Å². The normalized spacial score (nSPS) is 15.6. The lowest BCUT2D eigenvalue weighted by molar-refractivity contribution is 0.0340. The first-order chi connectivity index (χ1) is 9.85. The highest BCUT2D eigenvalue weighted by Crippen LogP contribution is 2.20. The Hall–Kier alpha value is -0.860. The number of hydrogen-bond acceptors (Lipinski definition) is 2. The zero-order chi connectivity index (χ0) is 14.8. The van der Waals surface area contributed by atoms with E-state index in [0.717, 1.165) is 39.3 Å². The van der Waals surface area contributed by atoms with Gasteiger partial charge in [0.25, 0.3) is 0 Å². The van der Waals surface area contributed by atoms with Crippen molar-refractivity contribution in [3.63, 3.8) is 0 Å². The summed E-state index contributed by atoms with van der Waals surface area (Å²) in [7, 11) is 0. The van der Waals surface area contributed by atoms with Gasteiger partial charge < -0.3 is 4.74 Å². The molecule has 1 aromatic rings. The summed E-state index contributed by atoms with van der Waals surface area (Å²) < 4.78 is 5.42. The molecule has 0 radical (unpaired) electrons. The van der Waals surface area contributed by atoms with Crippen LogP contribution in [0.2, 0.25) is 0 Å². The van der Waals surface area contributed by atoms with Gasteiger partial charge in [-0.2, -0.15) is 0 Å². The summed E-state index contributed by atoms with van der Waals surface area (Å²) in [6.07, 6.45) is 3.59. The van der Waals surface area contributed by atoms with Crippen LogP contribution in [0.4, 0.5) is 0 Å². The number of ether oxygens (including phenoxy) is 1. The predicted molar refractivity (Wildman–Crippen MR) is 87.3 cm³/mol. The van der Waals surface area contributed by atoms with Crippen LogP contribution in [0.15, 0.2) is 18.2 Å². The molecule has 2 rings (SSSR count). The maximum Gasteiger partial charge on any atom is 0.0594 e. The van der Waals surface area contributed by atoms with Crippen LogP contribution >= 0.6 is 0 Å². The van der Waals surface area contributed by atoms with Crippen LogP contribution in [-0.2, 0) is 24.1 Å². The molecule has 0 bridgehead atoms. The van der Waals surface area contributed by atoms with E-state index >= 15 is 0 Å². The van der Waals surface area contributed by atoms with Crippen molar-refractivity contribution >= 4 is 0 Å². The van der Waals surface area contributed by atoms with E-state index in [9.17, 15) is 0 Å². The summed E-state index contributed by atoms with van der Waals surface area (Å²) >= 11 is 0. The SMILES string of the molecule is CC.CCCc1c(CC)cccc1CN1CCOCC1. The second-order valence-electron chi connectivity index (χ2n) is 5.05. The van der Waals surface area contributed by atoms with E-state index in [-0.39, 0.29) is 0 Å². The quantitative estimate of drug-likeness (QED) is 0.804. The lowest BCUT2D eigenvalue weighted by atomic mass is 9.95. The first kappa shape index (κ1) is 17.2. The monoisotopic (exact) mass is 277 g/mol. The largest absolute Gasteiger partial charge is 0.379 e. The lowest BCUT2D eigenvalue weighted by Gasteiger charge is -2.28. The second-order valence-corrected chi connectivity index (χ2v) is 5.05. The molecule has 1 saturated heterocycles. The minimum absolute atomic E-state index is 0.885. The van der Waals surface area contributed by atoms with Crippen molar-refractivity contribution in [1.82, 2.24) is 4.90 Å². The molecule has 1 aliphatic rings. The Morgan fingerprint density at radius 1 is 1.05 bits per heavy atom. The Morgan fingerprint density at radius 2 is 1.70 bits per heavy atom. The molecular formula is C18H31NO. The minimum atomic E-state index is 0.885. The first-order valence-electron chi connectivity index (χ1n) is 8.24. The van der Waals surface area contributed by atoms with Crippen LogP contribution in [0.1, 0.15) is 50.8 Å². The standard InChI is InChI=1S/C16H25NO.C2H6/c1-3-6-16-14(4-2)7-5-8-15(16)13-17-9-11-18-12-10-17;1-2/h5,7-8H,3-4,6,9-13H2,1-2H3;1-2H3. The first-order valence-corrected chi connectivity index (χ1v) is 8.24. The third-order valence-corrected chi connectivity index (χ3v) is 3.75. The summed E-state index contributed by atoms with van der Waals surface area (Å²) in [5.74, 6) is 0. The van der Waals surface area contributed by atoms with Crippen molar-refractivity contribution < 1.29 is 4.74 Å². The minimum Gasteiger partial charge on any atom is -0.379 e. The molecule has 1 aromatic carbocycles. The van der Waals surface area contributed by atoms with Gasteiger partial charge in [-0.3, -0.25) is 4.90 Å². The smallest absolute Gasteiger partial charge is 0.0594 e. The van der Waals surface area contributed by atoms with E-state index in [4.69, 9.17) is 4.74 Å². The van der Waals surface area contributed by atoms with Gasteiger partial charge in [-0.25, -0.2) is 0 Å². The molecule has 0 aliphatic carbocycles. The third kappa shape index (κ3) is 4.92. The van der Waals surface area contributed by atoms with Crippen molar-refractivity contribution in [2.75, 3.05) is 26.3 Å².